The summed E-state index contributed by atoms with van der Waals surface area (Å²) in [6.07, 6.45) is 0. The van der Waals surface area contributed by atoms with E-state index in [1.54, 1.807) is 25.3 Å². The zero-order valence-electron chi connectivity index (χ0n) is 11.5. The number of nitriles is 1. The van der Waals surface area contributed by atoms with Gasteiger partial charge in [0.25, 0.3) is 0 Å². The first-order chi connectivity index (χ1) is 9.78. The number of nitrogens with one attached hydrogen (secondary N) is 2. The highest BCUT2D eigenvalue weighted by Crippen LogP contribution is 2.30. The largest absolute Gasteiger partial charge is 0.495 e. The third-order valence-corrected chi connectivity index (χ3v) is 2.73. The van der Waals surface area contributed by atoms with E-state index in [0.717, 1.165) is 12.4 Å². The van der Waals surface area contributed by atoms with Crippen molar-refractivity contribution in [2.24, 2.45) is 0 Å². The summed E-state index contributed by atoms with van der Waals surface area (Å²) in [5, 5.41) is 15.5. The Morgan fingerprint density at radius 1 is 1.20 bits per heavy atom. The van der Waals surface area contributed by atoms with Gasteiger partial charge in [0.2, 0.25) is 0 Å². The second kappa shape index (κ2) is 6.43. The lowest BCUT2D eigenvalue weighted by molar-refractivity contribution is 0.416. The Kier molecular flexibility index (Phi) is 4.40. The highest BCUT2D eigenvalue weighted by Gasteiger charge is 2.09. The van der Waals surface area contributed by atoms with E-state index >= 15 is 0 Å². The lowest BCUT2D eigenvalue weighted by atomic mass is 10.2. The molecule has 2 N–H and O–H groups in total. The summed E-state index contributed by atoms with van der Waals surface area (Å²) in [5.74, 6) is 2.05. The number of rotatable bonds is 5. The van der Waals surface area contributed by atoms with Gasteiger partial charge in [-0.1, -0.05) is 12.1 Å². The average molecular weight is 268 g/mol. The maximum absolute atomic E-state index is 9.18. The SMILES string of the molecule is CCNc1cccc(Nc2c(C#N)cccc2OC)n1. The first-order valence-corrected chi connectivity index (χ1v) is 6.33. The molecule has 0 saturated carbocycles. The molecule has 0 saturated heterocycles. The van der Waals surface area contributed by atoms with E-state index in [9.17, 15) is 5.26 Å². The third kappa shape index (κ3) is 2.98. The molecule has 2 rings (SSSR count). The van der Waals surface area contributed by atoms with Crippen LogP contribution in [0, 0.1) is 11.3 Å². The Balaban J connectivity index is 2.34. The zero-order chi connectivity index (χ0) is 14.4. The quantitative estimate of drug-likeness (QED) is 0.871. The molecule has 5 heteroatoms. The molecule has 1 aromatic carbocycles. The van der Waals surface area contributed by atoms with Crippen LogP contribution < -0.4 is 15.4 Å². The normalized spacial score (nSPS) is 9.65. The molecule has 0 bridgehead atoms. The summed E-state index contributed by atoms with van der Waals surface area (Å²) in [7, 11) is 1.57. The molecule has 0 atom stereocenters. The minimum Gasteiger partial charge on any atom is -0.495 e. The molecule has 1 heterocycles. The molecule has 102 valence electrons. The maximum atomic E-state index is 9.18. The van der Waals surface area contributed by atoms with E-state index in [4.69, 9.17) is 4.74 Å². The molecule has 2 aromatic rings. The molecule has 0 spiro atoms. The molecule has 0 radical (unpaired) electrons. The van der Waals surface area contributed by atoms with Crippen LogP contribution in [-0.4, -0.2) is 18.6 Å². The molecule has 0 aliphatic heterocycles. The predicted octanol–water partition coefficient (Wildman–Crippen LogP) is 3.14. The Hall–Kier alpha value is -2.74. The van der Waals surface area contributed by atoms with Crippen molar-refractivity contribution in [3.05, 3.63) is 42.0 Å². The van der Waals surface area contributed by atoms with Crippen molar-refractivity contribution in [1.82, 2.24) is 4.98 Å². The van der Waals surface area contributed by atoms with Gasteiger partial charge in [0.1, 0.15) is 29.1 Å². The third-order valence-electron chi connectivity index (χ3n) is 2.73. The van der Waals surface area contributed by atoms with Gasteiger partial charge < -0.3 is 15.4 Å². The Bertz CT molecular complexity index is 634. The van der Waals surface area contributed by atoms with Gasteiger partial charge in [0.15, 0.2) is 0 Å². The van der Waals surface area contributed by atoms with Crippen molar-refractivity contribution in [2.75, 3.05) is 24.3 Å². The summed E-state index contributed by atoms with van der Waals surface area (Å²) in [6.45, 7) is 2.81. The van der Waals surface area contributed by atoms with Crippen LogP contribution in [0.25, 0.3) is 0 Å². The van der Waals surface area contributed by atoms with E-state index in [1.807, 2.05) is 25.1 Å². The van der Waals surface area contributed by atoms with Crippen LogP contribution in [0.15, 0.2) is 36.4 Å². The molecule has 1 aromatic heterocycles. The lowest BCUT2D eigenvalue weighted by Gasteiger charge is -2.12. The number of hydrogen-bond donors (Lipinski definition) is 2. The number of nitrogens with zero attached hydrogens (tertiary/aromatic N) is 2. The predicted molar refractivity (Wildman–Crippen MR) is 79.4 cm³/mol. The highest BCUT2D eigenvalue weighted by molar-refractivity contribution is 5.72. The van der Waals surface area contributed by atoms with Gasteiger partial charge in [-0.15, -0.1) is 0 Å². The monoisotopic (exact) mass is 268 g/mol. The van der Waals surface area contributed by atoms with Gasteiger partial charge in [0.05, 0.1) is 12.7 Å². The van der Waals surface area contributed by atoms with E-state index in [2.05, 4.69) is 21.7 Å². The van der Waals surface area contributed by atoms with Crippen LogP contribution in [0.2, 0.25) is 0 Å². The summed E-state index contributed by atoms with van der Waals surface area (Å²) in [4.78, 5) is 4.42. The van der Waals surface area contributed by atoms with Crippen LogP contribution in [0.4, 0.5) is 17.3 Å². The first-order valence-electron chi connectivity index (χ1n) is 6.33. The van der Waals surface area contributed by atoms with E-state index in [0.29, 0.717) is 22.8 Å². The van der Waals surface area contributed by atoms with Crippen LogP contribution in [-0.2, 0) is 0 Å². The molecular weight excluding hydrogens is 252 g/mol. The second-order valence-electron chi connectivity index (χ2n) is 4.06. The van der Waals surface area contributed by atoms with Gasteiger partial charge in [-0.3, -0.25) is 0 Å². The van der Waals surface area contributed by atoms with Crippen molar-refractivity contribution in [3.63, 3.8) is 0 Å². The van der Waals surface area contributed by atoms with Gasteiger partial charge >= 0.3 is 0 Å². The van der Waals surface area contributed by atoms with Gasteiger partial charge in [-0.2, -0.15) is 5.26 Å². The van der Waals surface area contributed by atoms with Crippen LogP contribution in [0.1, 0.15) is 12.5 Å². The second-order valence-corrected chi connectivity index (χ2v) is 4.06. The Morgan fingerprint density at radius 2 is 1.95 bits per heavy atom. The fraction of sp³-hybridized carbons (Fsp3) is 0.200. The number of aromatic nitrogens is 1. The molecule has 0 aliphatic carbocycles. The molecule has 0 amide bonds. The van der Waals surface area contributed by atoms with Crippen LogP contribution in [0.5, 0.6) is 5.75 Å². The van der Waals surface area contributed by atoms with E-state index in [-0.39, 0.29) is 0 Å². The lowest BCUT2D eigenvalue weighted by Crippen LogP contribution is -2.03. The fourth-order valence-corrected chi connectivity index (χ4v) is 1.84. The van der Waals surface area contributed by atoms with E-state index in [1.165, 1.54) is 0 Å². The summed E-state index contributed by atoms with van der Waals surface area (Å²) in [6, 6.07) is 13.1. The zero-order valence-corrected chi connectivity index (χ0v) is 11.5. The van der Waals surface area contributed by atoms with Crippen LogP contribution >= 0.6 is 0 Å². The topological polar surface area (TPSA) is 70.0 Å². The van der Waals surface area contributed by atoms with Gasteiger partial charge in [-0.05, 0) is 31.2 Å². The fourth-order valence-electron chi connectivity index (χ4n) is 1.84. The van der Waals surface area contributed by atoms with Crippen molar-refractivity contribution in [1.29, 1.82) is 5.26 Å². The summed E-state index contributed by atoms with van der Waals surface area (Å²) in [5.41, 5.74) is 1.14. The number of hydrogen-bond acceptors (Lipinski definition) is 5. The van der Waals surface area contributed by atoms with Crippen molar-refractivity contribution < 1.29 is 4.74 Å². The van der Waals surface area contributed by atoms with Gasteiger partial charge in [-0.25, -0.2) is 4.98 Å². The number of methoxy groups -OCH3 is 1. The molecular formula is C15H16N4O. The number of anilines is 3. The summed E-state index contributed by atoms with van der Waals surface area (Å²) >= 11 is 0. The van der Waals surface area contributed by atoms with Crippen LogP contribution in [0.3, 0.4) is 0 Å². The Morgan fingerprint density at radius 3 is 2.65 bits per heavy atom. The number of ether oxygens (including phenoxy) is 1. The molecule has 5 nitrogen and oxygen atoms in total. The summed E-state index contributed by atoms with van der Waals surface area (Å²) < 4.78 is 5.28. The highest BCUT2D eigenvalue weighted by atomic mass is 16.5. The molecule has 0 unspecified atom stereocenters. The Labute approximate surface area is 118 Å². The minimum atomic E-state index is 0.514. The van der Waals surface area contributed by atoms with Gasteiger partial charge in [0, 0.05) is 6.54 Å². The van der Waals surface area contributed by atoms with Crippen molar-refractivity contribution >= 4 is 17.3 Å². The minimum absolute atomic E-state index is 0.514. The first kappa shape index (κ1) is 13.7. The smallest absolute Gasteiger partial charge is 0.143 e. The standard InChI is InChI=1S/C15H16N4O/c1-3-17-13-8-5-9-14(18-13)19-15-11(10-16)6-4-7-12(15)20-2/h4-9H,3H2,1-2H3,(H2,17,18,19). The number of para-hydroxylation sites is 1. The molecule has 0 fully saturated rings. The molecule has 0 aliphatic rings. The number of pyridine rings is 1. The number of benzene rings is 1. The van der Waals surface area contributed by atoms with Crippen molar-refractivity contribution in [2.45, 2.75) is 6.92 Å². The van der Waals surface area contributed by atoms with Crippen molar-refractivity contribution in [3.8, 4) is 11.8 Å². The maximum Gasteiger partial charge on any atom is 0.143 e. The molecule has 20 heavy (non-hydrogen) atoms. The average Bonchev–Trinajstić information content (AvgIpc) is 2.48. The van der Waals surface area contributed by atoms with E-state index < -0.39 is 0 Å².